The van der Waals surface area contributed by atoms with Crippen molar-refractivity contribution in [2.45, 2.75) is 19.0 Å². The number of nitrogens with zero attached hydrogens (tertiary/aromatic N) is 1. The molecule has 9 nitrogen and oxygen atoms in total. The zero-order chi connectivity index (χ0) is 17.5. The second-order valence-corrected chi connectivity index (χ2v) is 5.00. The Morgan fingerprint density at radius 2 is 1.96 bits per heavy atom. The van der Waals surface area contributed by atoms with Gasteiger partial charge in [-0.3, -0.25) is 14.9 Å². The van der Waals surface area contributed by atoms with Gasteiger partial charge in [-0.2, -0.15) is 0 Å². The summed E-state index contributed by atoms with van der Waals surface area (Å²) >= 11 is 0. The minimum atomic E-state index is -1.35. The molecule has 1 amide bonds. The highest BCUT2D eigenvalue weighted by atomic mass is 16.6. The normalized spacial score (nSPS) is 11.7. The van der Waals surface area contributed by atoms with Crippen LogP contribution in [0.5, 0.6) is 0 Å². The Kier molecular flexibility index (Phi) is 5.63. The van der Waals surface area contributed by atoms with Gasteiger partial charge in [-0.25, -0.2) is 0 Å². The molecule has 1 heterocycles. The molecule has 0 saturated heterocycles. The van der Waals surface area contributed by atoms with Crippen molar-refractivity contribution in [2.75, 3.05) is 5.32 Å². The van der Waals surface area contributed by atoms with Crippen LogP contribution in [-0.2, 0) is 16.1 Å². The van der Waals surface area contributed by atoms with Gasteiger partial charge < -0.3 is 25.0 Å². The maximum absolute atomic E-state index is 12.2. The van der Waals surface area contributed by atoms with Crippen LogP contribution in [-0.4, -0.2) is 22.8 Å². The van der Waals surface area contributed by atoms with E-state index >= 15 is 0 Å². The lowest BCUT2D eigenvalue weighted by molar-refractivity contribution is -0.693. The van der Waals surface area contributed by atoms with Gasteiger partial charge in [0.25, 0.3) is 11.6 Å². The number of carboxylic acid groups (broad SMARTS) is 1. The summed E-state index contributed by atoms with van der Waals surface area (Å²) in [6.07, 6.45) is 1.01. The summed E-state index contributed by atoms with van der Waals surface area (Å²) in [7, 11) is 0. The van der Waals surface area contributed by atoms with Gasteiger partial charge in [-0.15, -0.1) is 0 Å². The van der Waals surface area contributed by atoms with E-state index in [-0.39, 0.29) is 5.69 Å². The highest BCUT2D eigenvalue weighted by Gasteiger charge is 2.23. The van der Waals surface area contributed by atoms with Crippen LogP contribution in [0.4, 0.5) is 11.4 Å². The van der Waals surface area contributed by atoms with Crippen molar-refractivity contribution in [3.8, 4) is 0 Å². The molecule has 0 aliphatic heterocycles. The number of nitrogens with one attached hydrogen (secondary N) is 1. The van der Waals surface area contributed by atoms with Crippen molar-refractivity contribution in [1.82, 2.24) is 0 Å². The Balaban J connectivity index is 2.00. The Morgan fingerprint density at radius 1 is 1.25 bits per heavy atom. The molecule has 24 heavy (non-hydrogen) atoms. The molecule has 0 bridgehead atoms. The van der Waals surface area contributed by atoms with Crippen LogP contribution >= 0.6 is 0 Å². The number of furan rings is 1. The van der Waals surface area contributed by atoms with Gasteiger partial charge >= 0.3 is 0 Å². The molecule has 1 aromatic heterocycles. The number of carbonyl (C=O) groups excluding carboxylic acids is 2. The molecule has 0 spiro atoms. The monoisotopic (exact) mass is 333 g/mol. The van der Waals surface area contributed by atoms with E-state index in [4.69, 9.17) is 4.42 Å². The number of nitro groups is 1. The van der Waals surface area contributed by atoms with Gasteiger partial charge in [-0.05, 0) is 24.3 Å². The first-order chi connectivity index (χ1) is 11.5. The number of rotatable bonds is 8. The molecule has 1 aromatic carbocycles. The molecule has 2 rings (SSSR count). The Labute approximate surface area is 136 Å². The first-order valence-electron chi connectivity index (χ1n) is 7.06. The van der Waals surface area contributed by atoms with Crippen molar-refractivity contribution in [3.63, 3.8) is 0 Å². The Bertz CT molecular complexity index is 711. The van der Waals surface area contributed by atoms with Crippen molar-refractivity contribution >= 4 is 23.3 Å². The van der Waals surface area contributed by atoms with Crippen LogP contribution in [0, 0.1) is 10.1 Å². The first kappa shape index (κ1) is 17.2. The van der Waals surface area contributed by atoms with Crippen molar-refractivity contribution < 1.29 is 29.4 Å². The zero-order valence-electron chi connectivity index (χ0n) is 12.5. The molecular formula is C15H15N3O6. The minimum absolute atomic E-state index is 0.108. The molecule has 0 aliphatic carbocycles. The molecule has 0 saturated carbocycles. The van der Waals surface area contributed by atoms with E-state index in [0.29, 0.717) is 18.0 Å². The number of hydrogen-bond acceptors (Lipinski definition) is 6. The summed E-state index contributed by atoms with van der Waals surface area (Å²) in [6.45, 7) is 0.290. The fourth-order valence-electron chi connectivity index (χ4n) is 2.05. The fourth-order valence-corrected chi connectivity index (χ4v) is 2.05. The molecule has 0 fully saturated rings. The molecule has 3 N–H and O–H groups in total. The molecular weight excluding hydrogens is 318 g/mol. The van der Waals surface area contributed by atoms with E-state index in [0.717, 1.165) is 0 Å². The number of carboxylic acids is 1. The molecule has 0 unspecified atom stereocenters. The van der Waals surface area contributed by atoms with E-state index < -0.39 is 29.3 Å². The topological polar surface area (TPSA) is 142 Å². The largest absolute Gasteiger partial charge is 0.550 e. The second kappa shape index (κ2) is 7.88. The van der Waals surface area contributed by atoms with Crippen LogP contribution in [0.1, 0.15) is 12.2 Å². The highest BCUT2D eigenvalue weighted by Crippen LogP contribution is 2.15. The quantitative estimate of drug-likeness (QED) is 0.488. The number of benzene rings is 1. The fraction of sp³-hybridized carbons (Fsp3) is 0.200. The molecule has 9 heteroatoms. The number of aliphatic carboxylic acids is 1. The summed E-state index contributed by atoms with van der Waals surface area (Å²) in [5.74, 6) is -1.30. The average molecular weight is 333 g/mol. The third kappa shape index (κ3) is 4.92. The predicted molar refractivity (Wildman–Crippen MR) is 79.5 cm³/mol. The van der Waals surface area contributed by atoms with Gasteiger partial charge in [0.1, 0.15) is 6.54 Å². The number of nitro benzene ring substituents is 1. The number of anilines is 1. The SMILES string of the molecule is O=C([O-])C[C@@H]([NH2+]Cc1ccco1)C(=O)Nc1ccc([N+](=O)[O-])cc1. The molecule has 126 valence electrons. The third-order valence-corrected chi connectivity index (χ3v) is 3.25. The number of hydrogen-bond donors (Lipinski definition) is 2. The summed E-state index contributed by atoms with van der Waals surface area (Å²) in [4.78, 5) is 33.1. The number of amides is 1. The van der Waals surface area contributed by atoms with E-state index in [9.17, 15) is 24.8 Å². The lowest BCUT2D eigenvalue weighted by atomic mass is 10.1. The van der Waals surface area contributed by atoms with Crippen molar-refractivity contribution in [3.05, 3.63) is 58.5 Å². The molecule has 1 atom stereocenters. The standard InChI is InChI=1S/C15H15N3O6/c19-14(20)8-13(16-9-12-2-1-7-24-12)15(21)17-10-3-5-11(6-4-10)18(22)23/h1-7,13,16H,8-9H2,(H,17,21)(H,19,20)/t13-/m1/s1. The van der Waals surface area contributed by atoms with Gasteiger partial charge in [0.05, 0.1) is 11.2 Å². The molecule has 2 aromatic rings. The number of carbonyl (C=O) groups is 2. The van der Waals surface area contributed by atoms with Crippen molar-refractivity contribution in [2.24, 2.45) is 0 Å². The number of non-ortho nitro benzene ring substituents is 1. The van der Waals surface area contributed by atoms with Crippen LogP contribution < -0.4 is 15.7 Å². The van der Waals surface area contributed by atoms with Gasteiger partial charge in [0.2, 0.25) is 0 Å². The summed E-state index contributed by atoms with van der Waals surface area (Å²) < 4.78 is 5.13. The van der Waals surface area contributed by atoms with Crippen LogP contribution in [0.15, 0.2) is 47.1 Å². The lowest BCUT2D eigenvalue weighted by Gasteiger charge is -2.15. The summed E-state index contributed by atoms with van der Waals surface area (Å²) in [5, 5.41) is 25.5. The van der Waals surface area contributed by atoms with Gasteiger partial charge in [0.15, 0.2) is 11.8 Å². The number of nitrogens with two attached hydrogens (primary N) is 1. The van der Waals surface area contributed by atoms with Crippen LogP contribution in [0.25, 0.3) is 0 Å². The lowest BCUT2D eigenvalue weighted by Crippen LogP contribution is -2.91. The third-order valence-electron chi connectivity index (χ3n) is 3.25. The maximum atomic E-state index is 12.2. The first-order valence-corrected chi connectivity index (χ1v) is 7.06. The zero-order valence-corrected chi connectivity index (χ0v) is 12.5. The summed E-state index contributed by atoms with van der Waals surface area (Å²) in [6, 6.07) is 7.72. The van der Waals surface area contributed by atoms with E-state index in [2.05, 4.69) is 5.32 Å². The van der Waals surface area contributed by atoms with Crippen molar-refractivity contribution in [1.29, 1.82) is 0 Å². The van der Waals surface area contributed by atoms with Crippen LogP contribution in [0.3, 0.4) is 0 Å². The van der Waals surface area contributed by atoms with Gasteiger partial charge in [0, 0.05) is 30.2 Å². The van der Waals surface area contributed by atoms with E-state index in [1.54, 1.807) is 12.1 Å². The Hall–Kier alpha value is -3.20. The number of quaternary nitrogens is 1. The van der Waals surface area contributed by atoms with E-state index in [1.807, 2.05) is 0 Å². The minimum Gasteiger partial charge on any atom is -0.550 e. The molecule has 0 radical (unpaired) electrons. The maximum Gasteiger partial charge on any atom is 0.283 e. The summed E-state index contributed by atoms with van der Waals surface area (Å²) in [5.41, 5.74) is 0.226. The Morgan fingerprint density at radius 3 is 2.50 bits per heavy atom. The highest BCUT2D eigenvalue weighted by molar-refractivity contribution is 5.95. The smallest absolute Gasteiger partial charge is 0.283 e. The van der Waals surface area contributed by atoms with Crippen LogP contribution in [0.2, 0.25) is 0 Å². The predicted octanol–water partition coefficient (Wildman–Crippen LogP) is -0.601. The second-order valence-electron chi connectivity index (χ2n) is 5.00. The van der Waals surface area contributed by atoms with E-state index in [1.165, 1.54) is 35.8 Å². The average Bonchev–Trinajstić information content (AvgIpc) is 3.05. The molecule has 0 aliphatic rings. The van der Waals surface area contributed by atoms with Gasteiger partial charge in [-0.1, -0.05) is 0 Å².